The lowest BCUT2D eigenvalue weighted by Crippen LogP contribution is -2.48. The molecule has 0 aromatic heterocycles. The number of hydrogen-bond donors (Lipinski definition) is 0. The highest BCUT2D eigenvalue weighted by Gasteiger charge is 2.59. The van der Waals surface area contributed by atoms with Crippen LogP contribution >= 0.6 is 0 Å². The highest BCUT2D eigenvalue weighted by molar-refractivity contribution is 4.94. The van der Waals surface area contributed by atoms with Gasteiger partial charge in [0.2, 0.25) is 5.67 Å². The van der Waals surface area contributed by atoms with Crippen molar-refractivity contribution in [2.45, 2.75) is 44.5 Å². The summed E-state index contributed by atoms with van der Waals surface area (Å²) in [5, 5.41) is 0. The Hall–Kier alpha value is -0.280. The van der Waals surface area contributed by atoms with E-state index in [1.54, 1.807) is 0 Å². The van der Waals surface area contributed by atoms with E-state index in [1.807, 2.05) is 0 Å². The summed E-state index contributed by atoms with van der Waals surface area (Å²) in [4.78, 5) is 0. The normalized spacial score (nSPS) is 38.2. The van der Waals surface area contributed by atoms with Gasteiger partial charge in [-0.25, -0.2) is 4.39 Å². The third-order valence-corrected chi connectivity index (χ3v) is 2.68. The third kappa shape index (κ3) is 1.43. The molecular weight excluding hydrogens is 172 g/mol. The standard InChI is InChI=1S/C8H12F4/c1-6-4-2-3-5-7(6,9)8(10,11)12/h6H,2-5H2,1H3/t6-,7?/m1/s1. The molecule has 0 amide bonds. The van der Waals surface area contributed by atoms with Gasteiger partial charge in [0.05, 0.1) is 0 Å². The Morgan fingerprint density at radius 3 is 2.17 bits per heavy atom. The summed E-state index contributed by atoms with van der Waals surface area (Å²) in [7, 11) is 0. The molecule has 0 spiro atoms. The summed E-state index contributed by atoms with van der Waals surface area (Å²) in [5.41, 5.74) is -2.93. The van der Waals surface area contributed by atoms with Crippen molar-refractivity contribution in [1.82, 2.24) is 0 Å². The molecule has 0 aromatic carbocycles. The molecule has 2 atom stereocenters. The molecule has 1 aliphatic rings. The van der Waals surface area contributed by atoms with Crippen molar-refractivity contribution in [3.63, 3.8) is 0 Å². The van der Waals surface area contributed by atoms with E-state index in [0.717, 1.165) is 0 Å². The first-order chi connectivity index (χ1) is 5.38. The predicted octanol–water partition coefficient (Wildman–Crippen LogP) is 3.47. The Bertz CT molecular complexity index is 163. The van der Waals surface area contributed by atoms with E-state index in [-0.39, 0.29) is 6.42 Å². The Morgan fingerprint density at radius 1 is 1.25 bits per heavy atom. The van der Waals surface area contributed by atoms with Crippen molar-refractivity contribution in [3.05, 3.63) is 0 Å². The Kier molecular flexibility index (Phi) is 2.36. The van der Waals surface area contributed by atoms with E-state index < -0.39 is 17.8 Å². The average Bonchev–Trinajstić information content (AvgIpc) is 1.93. The number of rotatable bonds is 0. The van der Waals surface area contributed by atoms with E-state index in [9.17, 15) is 17.6 Å². The fourth-order valence-corrected chi connectivity index (χ4v) is 1.73. The van der Waals surface area contributed by atoms with Crippen LogP contribution in [0.1, 0.15) is 32.6 Å². The van der Waals surface area contributed by atoms with Crippen LogP contribution in [0.5, 0.6) is 0 Å². The fourth-order valence-electron chi connectivity index (χ4n) is 1.73. The van der Waals surface area contributed by atoms with Crippen LogP contribution in [0.15, 0.2) is 0 Å². The number of alkyl halides is 4. The van der Waals surface area contributed by atoms with E-state index in [2.05, 4.69) is 0 Å². The molecule has 1 saturated carbocycles. The Morgan fingerprint density at radius 2 is 1.83 bits per heavy atom. The van der Waals surface area contributed by atoms with Gasteiger partial charge in [0.25, 0.3) is 0 Å². The molecule has 72 valence electrons. The molecule has 0 nitrogen and oxygen atoms in total. The summed E-state index contributed by atoms with van der Waals surface area (Å²) in [6.07, 6.45) is -3.65. The van der Waals surface area contributed by atoms with Crippen LogP contribution in [0.2, 0.25) is 0 Å². The molecule has 1 unspecified atom stereocenters. The molecule has 0 bridgehead atoms. The smallest absolute Gasteiger partial charge is 0.234 e. The second-order valence-electron chi connectivity index (χ2n) is 3.51. The monoisotopic (exact) mass is 184 g/mol. The van der Waals surface area contributed by atoms with Crippen molar-refractivity contribution in [2.75, 3.05) is 0 Å². The minimum absolute atomic E-state index is 0.343. The predicted molar refractivity (Wildman–Crippen MR) is 37.5 cm³/mol. The molecule has 1 aliphatic carbocycles. The highest BCUT2D eigenvalue weighted by Crippen LogP contribution is 2.47. The molecule has 0 aromatic rings. The van der Waals surface area contributed by atoms with Gasteiger partial charge in [0.1, 0.15) is 0 Å². The van der Waals surface area contributed by atoms with E-state index in [1.165, 1.54) is 6.92 Å². The van der Waals surface area contributed by atoms with Crippen molar-refractivity contribution in [3.8, 4) is 0 Å². The van der Waals surface area contributed by atoms with Gasteiger partial charge in [-0.15, -0.1) is 0 Å². The minimum atomic E-state index is -4.69. The zero-order valence-corrected chi connectivity index (χ0v) is 6.92. The first kappa shape index (κ1) is 9.81. The van der Waals surface area contributed by atoms with Crippen LogP contribution in [0.4, 0.5) is 17.6 Å². The SMILES string of the molecule is C[C@@H]1CCCCC1(F)C(F)(F)F. The third-order valence-electron chi connectivity index (χ3n) is 2.68. The van der Waals surface area contributed by atoms with Crippen LogP contribution in [-0.4, -0.2) is 11.8 Å². The largest absolute Gasteiger partial charge is 0.422 e. The summed E-state index contributed by atoms with van der Waals surface area (Å²) in [5.74, 6) is -0.883. The maximum Gasteiger partial charge on any atom is 0.422 e. The summed E-state index contributed by atoms with van der Waals surface area (Å²) < 4.78 is 50.0. The maximum absolute atomic E-state index is 13.3. The second kappa shape index (κ2) is 2.89. The molecule has 0 aliphatic heterocycles. The maximum atomic E-state index is 13.3. The highest BCUT2D eigenvalue weighted by atomic mass is 19.4. The van der Waals surface area contributed by atoms with Gasteiger partial charge < -0.3 is 0 Å². The average molecular weight is 184 g/mol. The lowest BCUT2D eigenvalue weighted by atomic mass is 9.77. The van der Waals surface area contributed by atoms with Crippen molar-refractivity contribution in [2.24, 2.45) is 5.92 Å². The quantitative estimate of drug-likeness (QED) is 0.505. The van der Waals surface area contributed by atoms with Gasteiger partial charge in [-0.3, -0.25) is 0 Å². The van der Waals surface area contributed by atoms with Crippen molar-refractivity contribution >= 4 is 0 Å². The van der Waals surface area contributed by atoms with Crippen LogP contribution in [0, 0.1) is 5.92 Å². The van der Waals surface area contributed by atoms with Gasteiger partial charge in [-0.2, -0.15) is 13.2 Å². The zero-order chi connectivity index (χ0) is 9.41. The first-order valence-corrected chi connectivity index (χ1v) is 4.13. The van der Waals surface area contributed by atoms with Gasteiger partial charge in [0.15, 0.2) is 0 Å². The van der Waals surface area contributed by atoms with E-state index >= 15 is 0 Å². The van der Waals surface area contributed by atoms with Crippen LogP contribution in [0.3, 0.4) is 0 Å². The first-order valence-electron chi connectivity index (χ1n) is 4.13. The minimum Gasteiger partial charge on any atom is -0.234 e. The fraction of sp³-hybridized carbons (Fsp3) is 1.00. The summed E-state index contributed by atoms with van der Waals surface area (Å²) in [6.45, 7) is 1.34. The van der Waals surface area contributed by atoms with Gasteiger partial charge in [-0.05, 0) is 25.2 Å². The van der Waals surface area contributed by atoms with Crippen LogP contribution in [-0.2, 0) is 0 Å². The van der Waals surface area contributed by atoms with Crippen molar-refractivity contribution < 1.29 is 17.6 Å². The molecule has 0 radical (unpaired) electrons. The molecule has 4 heteroatoms. The molecule has 1 fully saturated rings. The summed E-state index contributed by atoms with van der Waals surface area (Å²) >= 11 is 0. The second-order valence-corrected chi connectivity index (χ2v) is 3.51. The van der Waals surface area contributed by atoms with Gasteiger partial charge >= 0.3 is 6.18 Å². The molecule has 12 heavy (non-hydrogen) atoms. The zero-order valence-electron chi connectivity index (χ0n) is 6.92. The number of halogens is 4. The van der Waals surface area contributed by atoms with Crippen LogP contribution in [0.25, 0.3) is 0 Å². The van der Waals surface area contributed by atoms with Gasteiger partial charge in [0, 0.05) is 0 Å². The summed E-state index contributed by atoms with van der Waals surface area (Å²) in [6, 6.07) is 0. The molecule has 0 heterocycles. The molecule has 0 N–H and O–H groups in total. The van der Waals surface area contributed by atoms with Gasteiger partial charge in [-0.1, -0.05) is 13.3 Å². The Balaban J connectivity index is 2.79. The topological polar surface area (TPSA) is 0 Å². The lowest BCUT2D eigenvalue weighted by Gasteiger charge is -2.36. The van der Waals surface area contributed by atoms with E-state index in [0.29, 0.717) is 19.3 Å². The van der Waals surface area contributed by atoms with Crippen molar-refractivity contribution in [1.29, 1.82) is 0 Å². The molecule has 1 rings (SSSR count). The lowest BCUT2D eigenvalue weighted by molar-refractivity contribution is -0.255. The van der Waals surface area contributed by atoms with Crippen LogP contribution < -0.4 is 0 Å². The van der Waals surface area contributed by atoms with E-state index in [4.69, 9.17) is 0 Å². The molecular formula is C8H12F4. The molecule has 0 saturated heterocycles. The number of hydrogen-bond acceptors (Lipinski definition) is 0. The Labute approximate surface area is 69.0 Å².